The number of carbonyl (C=O) groups is 2. The lowest BCUT2D eigenvalue weighted by molar-refractivity contribution is -0.115. The Balaban J connectivity index is 1.84. The maximum absolute atomic E-state index is 12.4. The monoisotopic (exact) mass is 280 g/mol. The molecule has 0 saturated carbocycles. The van der Waals surface area contributed by atoms with Gasteiger partial charge in [0.05, 0.1) is 6.42 Å². The Morgan fingerprint density at radius 1 is 1.14 bits per heavy atom. The zero-order valence-corrected chi connectivity index (χ0v) is 12.0. The van der Waals surface area contributed by atoms with Gasteiger partial charge in [-0.3, -0.25) is 9.59 Å². The van der Waals surface area contributed by atoms with E-state index in [4.69, 9.17) is 0 Å². The predicted octanol–water partition coefficient (Wildman–Crippen LogP) is 3.05. The summed E-state index contributed by atoms with van der Waals surface area (Å²) in [7, 11) is 0. The van der Waals surface area contributed by atoms with E-state index in [-0.39, 0.29) is 11.8 Å². The number of carbonyl (C=O) groups excluding carboxylic acids is 2. The lowest BCUT2D eigenvalue weighted by Crippen LogP contribution is -2.13. The summed E-state index contributed by atoms with van der Waals surface area (Å²) in [6.07, 6.45) is 0.364. The van der Waals surface area contributed by atoms with Crippen LogP contribution in [0.15, 0.2) is 36.4 Å². The van der Waals surface area contributed by atoms with Gasteiger partial charge in [-0.1, -0.05) is 17.7 Å². The fraction of sp³-hybridized carbons (Fsp3) is 0.176. The average molecular weight is 280 g/mol. The topological polar surface area (TPSA) is 58.2 Å². The first-order valence-corrected chi connectivity index (χ1v) is 6.84. The molecule has 0 bridgehead atoms. The van der Waals surface area contributed by atoms with Gasteiger partial charge in [-0.15, -0.1) is 0 Å². The van der Waals surface area contributed by atoms with Crippen molar-refractivity contribution in [1.29, 1.82) is 0 Å². The van der Waals surface area contributed by atoms with Gasteiger partial charge in [0.15, 0.2) is 0 Å². The first-order chi connectivity index (χ1) is 10.0. The second-order valence-electron chi connectivity index (χ2n) is 5.37. The highest BCUT2D eigenvalue weighted by Gasteiger charge is 2.18. The Morgan fingerprint density at radius 3 is 2.76 bits per heavy atom. The highest BCUT2D eigenvalue weighted by Crippen LogP contribution is 2.26. The van der Waals surface area contributed by atoms with Gasteiger partial charge in [0.1, 0.15) is 0 Å². The fourth-order valence-electron chi connectivity index (χ4n) is 2.49. The Bertz CT molecular complexity index is 750. The summed E-state index contributed by atoms with van der Waals surface area (Å²) in [5.41, 5.74) is 5.11. The Morgan fingerprint density at radius 2 is 1.95 bits per heavy atom. The molecule has 21 heavy (non-hydrogen) atoms. The highest BCUT2D eigenvalue weighted by molar-refractivity contribution is 6.06. The van der Waals surface area contributed by atoms with Crippen LogP contribution in [0.1, 0.15) is 27.0 Å². The van der Waals surface area contributed by atoms with Gasteiger partial charge in [0.2, 0.25) is 5.91 Å². The van der Waals surface area contributed by atoms with Gasteiger partial charge < -0.3 is 10.6 Å². The molecule has 0 spiro atoms. The van der Waals surface area contributed by atoms with Crippen molar-refractivity contribution in [3.63, 3.8) is 0 Å². The summed E-state index contributed by atoms with van der Waals surface area (Å²) in [4.78, 5) is 23.7. The van der Waals surface area contributed by atoms with Crippen LogP contribution in [0.4, 0.5) is 11.4 Å². The summed E-state index contributed by atoms with van der Waals surface area (Å²) in [5.74, 6) is -0.142. The number of amides is 2. The molecule has 4 nitrogen and oxygen atoms in total. The number of anilines is 2. The molecule has 0 saturated heterocycles. The fourth-order valence-corrected chi connectivity index (χ4v) is 2.49. The molecule has 0 aliphatic carbocycles. The maximum atomic E-state index is 12.4. The summed E-state index contributed by atoms with van der Waals surface area (Å²) in [5, 5.41) is 5.67. The minimum atomic E-state index is -0.131. The zero-order valence-electron chi connectivity index (χ0n) is 12.0. The molecule has 2 amide bonds. The van der Waals surface area contributed by atoms with E-state index in [2.05, 4.69) is 10.6 Å². The minimum absolute atomic E-state index is 0.0111. The number of benzene rings is 2. The molecule has 3 rings (SSSR count). The van der Waals surface area contributed by atoms with Gasteiger partial charge in [0.25, 0.3) is 5.91 Å². The largest absolute Gasteiger partial charge is 0.326 e. The molecule has 2 N–H and O–H groups in total. The quantitative estimate of drug-likeness (QED) is 0.888. The van der Waals surface area contributed by atoms with Crippen molar-refractivity contribution in [3.05, 3.63) is 58.7 Å². The van der Waals surface area contributed by atoms with Crippen molar-refractivity contribution in [2.24, 2.45) is 0 Å². The Labute approximate surface area is 123 Å². The van der Waals surface area contributed by atoms with Crippen LogP contribution in [-0.4, -0.2) is 11.8 Å². The number of nitrogens with one attached hydrogen (secondary N) is 2. The molecule has 2 aromatic rings. The first kappa shape index (κ1) is 13.4. The molecule has 4 heteroatoms. The van der Waals surface area contributed by atoms with Crippen molar-refractivity contribution in [2.45, 2.75) is 20.3 Å². The SMILES string of the molecule is Cc1ccc(C)c(C(=O)Nc2ccc3c(c2)CC(=O)N3)c1. The minimum Gasteiger partial charge on any atom is -0.326 e. The third kappa shape index (κ3) is 2.65. The van der Waals surface area contributed by atoms with E-state index in [9.17, 15) is 9.59 Å². The highest BCUT2D eigenvalue weighted by atomic mass is 16.2. The van der Waals surface area contributed by atoms with Crippen molar-refractivity contribution < 1.29 is 9.59 Å². The molecular formula is C17H16N2O2. The number of fused-ring (bicyclic) bond motifs is 1. The van der Waals surface area contributed by atoms with E-state index in [1.807, 2.05) is 44.2 Å². The average Bonchev–Trinajstić information content (AvgIpc) is 2.80. The number of aryl methyl sites for hydroxylation is 2. The second-order valence-corrected chi connectivity index (χ2v) is 5.37. The number of rotatable bonds is 2. The smallest absolute Gasteiger partial charge is 0.255 e. The van der Waals surface area contributed by atoms with Gasteiger partial charge in [-0.25, -0.2) is 0 Å². The van der Waals surface area contributed by atoms with Crippen molar-refractivity contribution in [2.75, 3.05) is 10.6 Å². The summed E-state index contributed by atoms with van der Waals surface area (Å²) >= 11 is 0. The van der Waals surface area contributed by atoms with Gasteiger partial charge in [-0.05, 0) is 49.2 Å². The van der Waals surface area contributed by atoms with Crippen LogP contribution in [0.5, 0.6) is 0 Å². The normalized spacial score (nSPS) is 12.8. The van der Waals surface area contributed by atoms with E-state index in [1.165, 1.54) is 0 Å². The molecule has 0 unspecified atom stereocenters. The molecule has 0 atom stereocenters. The van der Waals surface area contributed by atoms with Crippen LogP contribution in [-0.2, 0) is 11.2 Å². The molecular weight excluding hydrogens is 264 g/mol. The molecule has 106 valence electrons. The number of hydrogen-bond acceptors (Lipinski definition) is 2. The summed E-state index contributed by atoms with van der Waals surface area (Å²) in [6, 6.07) is 11.3. The van der Waals surface area contributed by atoms with Crippen molar-refractivity contribution in [3.8, 4) is 0 Å². The van der Waals surface area contributed by atoms with Crippen LogP contribution >= 0.6 is 0 Å². The summed E-state index contributed by atoms with van der Waals surface area (Å²) < 4.78 is 0. The zero-order chi connectivity index (χ0) is 15.0. The van der Waals surface area contributed by atoms with E-state index in [0.717, 1.165) is 22.4 Å². The molecule has 1 heterocycles. The predicted molar refractivity (Wildman–Crippen MR) is 82.6 cm³/mol. The molecule has 0 aromatic heterocycles. The van der Waals surface area contributed by atoms with Crippen LogP contribution in [0, 0.1) is 13.8 Å². The van der Waals surface area contributed by atoms with E-state index < -0.39 is 0 Å². The van der Waals surface area contributed by atoms with E-state index in [1.54, 1.807) is 6.07 Å². The molecule has 1 aliphatic heterocycles. The van der Waals surface area contributed by atoms with Gasteiger partial charge in [-0.2, -0.15) is 0 Å². The summed E-state index contributed by atoms with van der Waals surface area (Å²) in [6.45, 7) is 3.88. The Hall–Kier alpha value is -2.62. The van der Waals surface area contributed by atoms with Crippen LogP contribution in [0.3, 0.4) is 0 Å². The van der Waals surface area contributed by atoms with Crippen molar-refractivity contribution >= 4 is 23.2 Å². The van der Waals surface area contributed by atoms with E-state index >= 15 is 0 Å². The van der Waals surface area contributed by atoms with Crippen LogP contribution in [0.2, 0.25) is 0 Å². The van der Waals surface area contributed by atoms with Crippen molar-refractivity contribution in [1.82, 2.24) is 0 Å². The molecule has 0 fully saturated rings. The lowest BCUT2D eigenvalue weighted by atomic mass is 10.0. The second kappa shape index (κ2) is 5.05. The number of hydrogen-bond donors (Lipinski definition) is 2. The van der Waals surface area contributed by atoms with Crippen LogP contribution < -0.4 is 10.6 Å². The Kier molecular flexibility index (Phi) is 3.22. The van der Waals surface area contributed by atoms with Gasteiger partial charge in [0, 0.05) is 16.9 Å². The third-order valence-corrected chi connectivity index (χ3v) is 3.63. The third-order valence-electron chi connectivity index (χ3n) is 3.63. The van der Waals surface area contributed by atoms with E-state index in [0.29, 0.717) is 17.7 Å². The lowest BCUT2D eigenvalue weighted by Gasteiger charge is -2.09. The molecule has 2 aromatic carbocycles. The standard InChI is InChI=1S/C17H16N2O2/c1-10-3-4-11(2)14(7-10)17(21)18-13-5-6-15-12(8-13)9-16(20)19-15/h3-8H,9H2,1-2H3,(H,18,21)(H,19,20). The molecule has 0 radical (unpaired) electrons. The first-order valence-electron chi connectivity index (χ1n) is 6.84. The van der Waals surface area contributed by atoms with Crippen LogP contribution in [0.25, 0.3) is 0 Å². The maximum Gasteiger partial charge on any atom is 0.255 e. The van der Waals surface area contributed by atoms with Gasteiger partial charge >= 0.3 is 0 Å². The molecule has 1 aliphatic rings.